The normalized spacial score (nSPS) is 19.5. The van der Waals surface area contributed by atoms with Gasteiger partial charge in [0.15, 0.2) is 0 Å². The number of fused-ring (bicyclic) bond motifs is 1. The molecule has 0 saturated heterocycles. The number of hydrogen-bond donors (Lipinski definition) is 0. The molecule has 1 atom stereocenters. The molecule has 0 aromatic heterocycles. The molecule has 0 spiro atoms. The van der Waals surface area contributed by atoms with E-state index in [1.807, 2.05) is 0 Å². The van der Waals surface area contributed by atoms with Gasteiger partial charge < -0.3 is 0 Å². The van der Waals surface area contributed by atoms with Crippen LogP contribution < -0.4 is 0 Å². The predicted molar refractivity (Wildman–Crippen MR) is 75.5 cm³/mol. The summed E-state index contributed by atoms with van der Waals surface area (Å²) in [6, 6.07) is 20.3. The van der Waals surface area contributed by atoms with Crippen LogP contribution in [0, 0.1) is 0 Å². The molecule has 18 heavy (non-hydrogen) atoms. The van der Waals surface area contributed by atoms with Gasteiger partial charge in [0.25, 0.3) is 0 Å². The highest BCUT2D eigenvalue weighted by atomic mass is 15.1. The molecule has 1 nitrogen and oxygen atoms in total. The Morgan fingerprint density at radius 2 is 1.61 bits per heavy atom. The zero-order valence-corrected chi connectivity index (χ0v) is 10.8. The fourth-order valence-electron chi connectivity index (χ4n) is 2.83. The van der Waals surface area contributed by atoms with Gasteiger partial charge >= 0.3 is 0 Å². The Morgan fingerprint density at radius 1 is 0.944 bits per heavy atom. The second-order valence-corrected chi connectivity index (χ2v) is 5.23. The summed E-state index contributed by atoms with van der Waals surface area (Å²) in [5, 5.41) is 0. The molecular weight excluding hydrogens is 218 g/mol. The molecular formula is C17H19N. The Balaban J connectivity index is 1.79. The summed E-state index contributed by atoms with van der Waals surface area (Å²) in [5.41, 5.74) is 4.45. The van der Waals surface area contributed by atoms with Crippen molar-refractivity contribution in [2.24, 2.45) is 0 Å². The lowest BCUT2D eigenvalue weighted by Gasteiger charge is -2.34. The van der Waals surface area contributed by atoms with Gasteiger partial charge in [0.2, 0.25) is 0 Å². The number of benzene rings is 2. The molecule has 0 fully saturated rings. The Hall–Kier alpha value is -1.60. The predicted octanol–water partition coefficient (Wildman–Crippen LogP) is 3.29. The third-order valence-corrected chi connectivity index (χ3v) is 3.93. The van der Waals surface area contributed by atoms with Gasteiger partial charge in [-0.15, -0.1) is 0 Å². The van der Waals surface area contributed by atoms with Crippen molar-refractivity contribution >= 4 is 0 Å². The number of likely N-dealkylation sites (N-methyl/N-ethyl adjacent to an activating group) is 1. The average Bonchev–Trinajstić information content (AvgIpc) is 2.41. The average molecular weight is 237 g/mol. The molecule has 1 aliphatic heterocycles. The third kappa shape index (κ3) is 2.32. The second kappa shape index (κ2) is 4.95. The summed E-state index contributed by atoms with van der Waals surface area (Å²) in [6.07, 6.45) is 2.31. The largest absolute Gasteiger partial charge is 0.298 e. The fraction of sp³-hybridized carbons (Fsp3) is 0.294. The minimum Gasteiger partial charge on any atom is -0.298 e. The number of hydrogen-bond acceptors (Lipinski definition) is 1. The molecule has 1 heteroatoms. The summed E-state index contributed by atoms with van der Waals surface area (Å²) in [4.78, 5) is 2.48. The zero-order valence-electron chi connectivity index (χ0n) is 10.8. The molecule has 3 rings (SSSR count). The smallest absolute Gasteiger partial charge is 0.0236 e. The van der Waals surface area contributed by atoms with Crippen LogP contribution in [-0.4, -0.2) is 18.0 Å². The zero-order chi connectivity index (χ0) is 12.4. The third-order valence-electron chi connectivity index (χ3n) is 3.93. The lowest BCUT2D eigenvalue weighted by molar-refractivity contribution is 0.214. The number of nitrogens with zero attached hydrogens (tertiary/aromatic N) is 1. The maximum absolute atomic E-state index is 2.48. The Bertz CT molecular complexity index is 518. The first kappa shape index (κ1) is 11.5. The van der Waals surface area contributed by atoms with Crippen molar-refractivity contribution in [1.82, 2.24) is 4.90 Å². The molecule has 1 unspecified atom stereocenters. The first-order valence-electron chi connectivity index (χ1n) is 6.64. The van der Waals surface area contributed by atoms with E-state index in [9.17, 15) is 0 Å². The molecule has 2 aromatic carbocycles. The SMILES string of the molecule is CN1Cc2ccccc2CC1Cc1ccccc1. The Morgan fingerprint density at radius 3 is 2.39 bits per heavy atom. The molecule has 0 N–H and O–H groups in total. The molecule has 1 heterocycles. The molecule has 92 valence electrons. The van der Waals surface area contributed by atoms with Crippen LogP contribution >= 0.6 is 0 Å². The van der Waals surface area contributed by atoms with Gasteiger partial charge in [0, 0.05) is 12.6 Å². The summed E-state index contributed by atoms with van der Waals surface area (Å²) in [7, 11) is 2.24. The van der Waals surface area contributed by atoms with Crippen molar-refractivity contribution in [2.75, 3.05) is 7.05 Å². The standard InChI is InChI=1S/C17H19N/c1-18-13-16-10-6-5-9-15(16)12-17(18)11-14-7-3-2-4-8-14/h2-10,17H,11-13H2,1H3. The van der Waals surface area contributed by atoms with Crippen LogP contribution in [0.3, 0.4) is 0 Å². The highest BCUT2D eigenvalue weighted by Gasteiger charge is 2.22. The van der Waals surface area contributed by atoms with Crippen molar-refractivity contribution in [1.29, 1.82) is 0 Å². The van der Waals surface area contributed by atoms with Crippen LogP contribution in [0.25, 0.3) is 0 Å². The molecule has 0 radical (unpaired) electrons. The lowest BCUT2D eigenvalue weighted by atomic mass is 9.91. The fourth-order valence-corrected chi connectivity index (χ4v) is 2.83. The maximum atomic E-state index is 2.48. The van der Waals surface area contributed by atoms with E-state index in [4.69, 9.17) is 0 Å². The van der Waals surface area contributed by atoms with E-state index in [1.165, 1.54) is 23.1 Å². The Labute approximate surface area is 109 Å². The minimum absolute atomic E-state index is 0.627. The van der Waals surface area contributed by atoms with Crippen LogP contribution in [0.15, 0.2) is 54.6 Å². The van der Waals surface area contributed by atoms with Crippen molar-refractivity contribution in [3.05, 3.63) is 71.3 Å². The highest BCUT2D eigenvalue weighted by molar-refractivity contribution is 5.30. The second-order valence-electron chi connectivity index (χ2n) is 5.23. The quantitative estimate of drug-likeness (QED) is 0.774. The van der Waals surface area contributed by atoms with Crippen molar-refractivity contribution in [2.45, 2.75) is 25.4 Å². The van der Waals surface area contributed by atoms with Crippen LogP contribution in [0.2, 0.25) is 0 Å². The van der Waals surface area contributed by atoms with Gasteiger partial charge in [-0.05, 0) is 36.6 Å². The van der Waals surface area contributed by atoms with Crippen LogP contribution in [-0.2, 0) is 19.4 Å². The number of rotatable bonds is 2. The first-order valence-corrected chi connectivity index (χ1v) is 6.64. The lowest BCUT2D eigenvalue weighted by Crippen LogP contribution is -2.38. The molecule has 2 aromatic rings. The molecule has 0 saturated carbocycles. The van der Waals surface area contributed by atoms with Crippen molar-refractivity contribution < 1.29 is 0 Å². The van der Waals surface area contributed by atoms with Gasteiger partial charge in [-0.1, -0.05) is 54.6 Å². The highest BCUT2D eigenvalue weighted by Crippen LogP contribution is 2.23. The molecule has 0 amide bonds. The van der Waals surface area contributed by atoms with E-state index < -0.39 is 0 Å². The molecule has 0 aliphatic carbocycles. The van der Waals surface area contributed by atoms with E-state index in [0.717, 1.165) is 13.0 Å². The Kier molecular flexibility index (Phi) is 3.16. The van der Waals surface area contributed by atoms with Crippen LogP contribution in [0.4, 0.5) is 0 Å². The van der Waals surface area contributed by atoms with Gasteiger partial charge in [-0.25, -0.2) is 0 Å². The van der Waals surface area contributed by atoms with Crippen LogP contribution in [0.1, 0.15) is 16.7 Å². The molecule has 1 aliphatic rings. The summed E-state index contributed by atoms with van der Waals surface area (Å²) in [5.74, 6) is 0. The van der Waals surface area contributed by atoms with Gasteiger partial charge in [0.1, 0.15) is 0 Å². The topological polar surface area (TPSA) is 3.24 Å². The summed E-state index contributed by atoms with van der Waals surface area (Å²) < 4.78 is 0. The van der Waals surface area contributed by atoms with E-state index in [0.29, 0.717) is 6.04 Å². The summed E-state index contributed by atoms with van der Waals surface area (Å²) >= 11 is 0. The maximum Gasteiger partial charge on any atom is 0.0236 e. The van der Waals surface area contributed by atoms with E-state index >= 15 is 0 Å². The summed E-state index contributed by atoms with van der Waals surface area (Å²) in [6.45, 7) is 1.08. The van der Waals surface area contributed by atoms with Crippen molar-refractivity contribution in [3.8, 4) is 0 Å². The van der Waals surface area contributed by atoms with E-state index in [2.05, 4.69) is 66.5 Å². The minimum atomic E-state index is 0.627. The van der Waals surface area contributed by atoms with Crippen molar-refractivity contribution in [3.63, 3.8) is 0 Å². The van der Waals surface area contributed by atoms with Gasteiger partial charge in [-0.2, -0.15) is 0 Å². The monoisotopic (exact) mass is 237 g/mol. The van der Waals surface area contributed by atoms with E-state index in [1.54, 1.807) is 0 Å². The van der Waals surface area contributed by atoms with Gasteiger partial charge in [-0.3, -0.25) is 4.90 Å². The van der Waals surface area contributed by atoms with Gasteiger partial charge in [0.05, 0.1) is 0 Å². The first-order chi connectivity index (χ1) is 8.83. The molecule has 0 bridgehead atoms. The van der Waals surface area contributed by atoms with E-state index in [-0.39, 0.29) is 0 Å². The van der Waals surface area contributed by atoms with Crippen LogP contribution in [0.5, 0.6) is 0 Å².